The quantitative estimate of drug-likeness (QED) is 0.370. The summed E-state index contributed by atoms with van der Waals surface area (Å²) in [5, 5.41) is 25.5. The van der Waals surface area contributed by atoms with Crippen molar-refractivity contribution in [3.05, 3.63) is 77.0 Å². The van der Waals surface area contributed by atoms with E-state index < -0.39 is 23.4 Å². The summed E-state index contributed by atoms with van der Waals surface area (Å²) in [6, 6.07) is 15.2. The zero-order valence-electron chi connectivity index (χ0n) is 20.8. The first-order chi connectivity index (χ1) is 17.5. The average molecular weight is 523 g/mol. The molecule has 2 aromatic heterocycles. The molecule has 2 amide bonds. The molecule has 0 radical (unpaired) electrons. The van der Waals surface area contributed by atoms with E-state index in [1.807, 2.05) is 20.8 Å². The summed E-state index contributed by atoms with van der Waals surface area (Å²) >= 11 is 6.10. The summed E-state index contributed by atoms with van der Waals surface area (Å²) in [5.41, 5.74) is 0.379. The second-order valence-electron chi connectivity index (χ2n) is 9.53. The molecule has 37 heavy (non-hydrogen) atoms. The first kappa shape index (κ1) is 25.9. The average Bonchev–Trinajstić information content (AvgIpc) is 3.46. The van der Waals surface area contributed by atoms with Gasteiger partial charge in [0, 0.05) is 16.2 Å². The molecule has 10 nitrogen and oxygen atoms in total. The predicted octanol–water partition coefficient (Wildman–Crippen LogP) is 4.29. The van der Waals surface area contributed by atoms with Crippen molar-refractivity contribution in [1.82, 2.24) is 25.5 Å². The molecule has 0 bridgehead atoms. The molecule has 0 aliphatic heterocycles. The highest BCUT2D eigenvalue weighted by molar-refractivity contribution is 6.30. The Morgan fingerprint density at radius 2 is 1.76 bits per heavy atom. The lowest BCUT2D eigenvalue weighted by Crippen LogP contribution is -2.50. The Balaban J connectivity index is 1.74. The Hall–Kier alpha value is -4.18. The Kier molecular flexibility index (Phi) is 7.30. The van der Waals surface area contributed by atoms with Gasteiger partial charge in [0.25, 0.3) is 5.91 Å². The number of amides is 2. The first-order valence-electron chi connectivity index (χ1n) is 11.5. The lowest BCUT2D eigenvalue weighted by atomic mass is 10.0. The molecule has 4 aromatic rings. The molecule has 0 aliphatic rings. The fourth-order valence-corrected chi connectivity index (χ4v) is 3.84. The maximum atomic E-state index is 13.8. The van der Waals surface area contributed by atoms with Gasteiger partial charge < -0.3 is 14.8 Å². The van der Waals surface area contributed by atoms with Gasteiger partial charge in [0.2, 0.25) is 11.7 Å². The summed E-state index contributed by atoms with van der Waals surface area (Å²) in [6.07, 6.45) is 0. The molecular formula is C26H27ClN6O4. The molecule has 192 valence electrons. The Bertz CT molecular complexity index is 1390. The van der Waals surface area contributed by atoms with Gasteiger partial charge in [0.15, 0.2) is 5.76 Å². The van der Waals surface area contributed by atoms with Crippen LogP contribution in [0.1, 0.15) is 38.1 Å². The number of phenols is 1. The van der Waals surface area contributed by atoms with Gasteiger partial charge in [-0.05, 0) is 87.0 Å². The molecule has 0 unspecified atom stereocenters. The number of carbonyl (C=O) groups is 2. The second kappa shape index (κ2) is 10.4. The number of tetrazole rings is 1. The Morgan fingerprint density at radius 1 is 1.08 bits per heavy atom. The number of hydrogen-bond donors (Lipinski definition) is 2. The molecule has 0 saturated carbocycles. The van der Waals surface area contributed by atoms with Gasteiger partial charge in [0.1, 0.15) is 24.1 Å². The third-order valence-electron chi connectivity index (χ3n) is 5.28. The number of aryl methyl sites for hydroxylation is 1. The summed E-state index contributed by atoms with van der Waals surface area (Å²) in [6.45, 7) is 7.06. The van der Waals surface area contributed by atoms with Gasteiger partial charge in [-0.25, -0.2) is 0 Å². The van der Waals surface area contributed by atoms with E-state index in [-0.39, 0.29) is 18.1 Å². The molecule has 0 aliphatic carbocycles. The first-order valence-corrected chi connectivity index (χ1v) is 11.9. The number of anilines is 1. The van der Waals surface area contributed by atoms with Gasteiger partial charge in [-0.3, -0.25) is 14.5 Å². The van der Waals surface area contributed by atoms with Crippen LogP contribution in [0, 0.1) is 6.92 Å². The summed E-state index contributed by atoms with van der Waals surface area (Å²) in [5.74, 6) is 0.522. The minimum Gasteiger partial charge on any atom is -0.508 e. The maximum Gasteiger partial charge on any atom is 0.251 e. The van der Waals surface area contributed by atoms with Gasteiger partial charge in [-0.2, -0.15) is 4.80 Å². The zero-order valence-corrected chi connectivity index (χ0v) is 21.6. The van der Waals surface area contributed by atoms with Gasteiger partial charge in [-0.1, -0.05) is 23.7 Å². The number of halogens is 1. The normalized spacial score (nSPS) is 12.2. The van der Waals surface area contributed by atoms with Gasteiger partial charge >= 0.3 is 0 Å². The van der Waals surface area contributed by atoms with E-state index in [2.05, 4.69) is 20.7 Å². The number of aromatic nitrogens is 4. The van der Waals surface area contributed by atoms with Crippen LogP contribution in [0.25, 0.3) is 11.6 Å². The van der Waals surface area contributed by atoms with Crippen molar-refractivity contribution in [3.63, 3.8) is 0 Å². The van der Waals surface area contributed by atoms with E-state index in [9.17, 15) is 14.7 Å². The van der Waals surface area contributed by atoms with E-state index in [1.165, 1.54) is 17.0 Å². The summed E-state index contributed by atoms with van der Waals surface area (Å²) in [4.78, 5) is 29.9. The molecule has 11 heteroatoms. The number of nitrogens with one attached hydrogen (secondary N) is 1. The smallest absolute Gasteiger partial charge is 0.251 e. The van der Waals surface area contributed by atoms with E-state index in [1.54, 1.807) is 55.5 Å². The fraction of sp³-hybridized carbons (Fsp3) is 0.269. The predicted molar refractivity (Wildman–Crippen MR) is 138 cm³/mol. The monoisotopic (exact) mass is 522 g/mol. The molecule has 2 aromatic carbocycles. The molecule has 4 rings (SSSR count). The molecule has 0 saturated heterocycles. The lowest BCUT2D eigenvalue weighted by molar-refractivity contribution is -0.128. The SMILES string of the molecule is Cc1ccc(-c2nnn(CC(=O)N(c3ccc(Cl)cc3)[C@@H](C(=O)NC(C)(C)C)c3ccc(O)cc3)n2)o1. The number of hydrogen-bond acceptors (Lipinski definition) is 7. The van der Waals surface area contributed by atoms with Gasteiger partial charge in [0.05, 0.1) is 0 Å². The molecule has 1 atom stereocenters. The highest BCUT2D eigenvalue weighted by atomic mass is 35.5. The van der Waals surface area contributed by atoms with Crippen molar-refractivity contribution in [2.75, 3.05) is 4.90 Å². The third-order valence-corrected chi connectivity index (χ3v) is 5.53. The molecule has 0 spiro atoms. The van der Waals surface area contributed by atoms with Crippen LogP contribution in [0.2, 0.25) is 5.02 Å². The Morgan fingerprint density at radius 3 is 2.35 bits per heavy atom. The molecule has 0 fully saturated rings. The largest absolute Gasteiger partial charge is 0.508 e. The number of aromatic hydroxyl groups is 1. The lowest BCUT2D eigenvalue weighted by Gasteiger charge is -2.33. The Labute approximate surface area is 218 Å². The van der Waals surface area contributed by atoms with Crippen molar-refractivity contribution in [3.8, 4) is 17.3 Å². The zero-order chi connectivity index (χ0) is 26.7. The number of furan rings is 1. The van der Waals surface area contributed by atoms with Crippen LogP contribution in [0.15, 0.2) is 65.1 Å². The fourth-order valence-electron chi connectivity index (χ4n) is 3.71. The second-order valence-corrected chi connectivity index (χ2v) is 9.96. The van der Waals surface area contributed by atoms with Crippen LogP contribution in [0.5, 0.6) is 5.75 Å². The third kappa shape index (κ3) is 6.34. The van der Waals surface area contributed by atoms with E-state index >= 15 is 0 Å². The minimum absolute atomic E-state index is 0.0376. The highest BCUT2D eigenvalue weighted by Crippen LogP contribution is 2.31. The number of carbonyl (C=O) groups excluding carboxylic acids is 2. The standard InChI is InChI=1S/C26H27ClN6O4/c1-16-5-14-21(37-16)24-29-31-32(30-24)15-22(35)33(19-10-8-18(27)9-11-19)23(25(36)28-26(2,3)4)17-6-12-20(34)13-7-17/h5-14,23,34H,15H2,1-4H3,(H,28,36)/t23-/m1/s1. The van der Waals surface area contributed by atoms with Crippen molar-refractivity contribution >= 4 is 29.1 Å². The minimum atomic E-state index is -1.07. The molecule has 2 N–H and O–H groups in total. The van der Waals surface area contributed by atoms with E-state index in [0.717, 1.165) is 4.80 Å². The number of rotatable bonds is 7. The highest BCUT2D eigenvalue weighted by Gasteiger charge is 2.35. The van der Waals surface area contributed by atoms with Crippen molar-refractivity contribution < 1.29 is 19.1 Å². The molecule has 2 heterocycles. The van der Waals surface area contributed by atoms with Crippen molar-refractivity contribution in [2.45, 2.75) is 45.8 Å². The van der Waals surface area contributed by atoms with Crippen LogP contribution in [0.3, 0.4) is 0 Å². The van der Waals surface area contributed by atoms with Crippen molar-refractivity contribution in [1.29, 1.82) is 0 Å². The van der Waals surface area contributed by atoms with Crippen LogP contribution in [-0.4, -0.2) is 42.7 Å². The van der Waals surface area contributed by atoms with Crippen LogP contribution in [-0.2, 0) is 16.1 Å². The van der Waals surface area contributed by atoms with E-state index in [4.69, 9.17) is 16.0 Å². The van der Waals surface area contributed by atoms with E-state index in [0.29, 0.717) is 27.8 Å². The number of phenolic OH excluding ortho intramolecular Hbond substituents is 1. The maximum absolute atomic E-state index is 13.8. The van der Waals surface area contributed by atoms with Crippen LogP contribution >= 0.6 is 11.6 Å². The van der Waals surface area contributed by atoms with Crippen LogP contribution < -0.4 is 10.2 Å². The summed E-state index contributed by atoms with van der Waals surface area (Å²) < 4.78 is 5.54. The number of nitrogens with zero attached hydrogens (tertiary/aromatic N) is 5. The molecular weight excluding hydrogens is 496 g/mol. The summed E-state index contributed by atoms with van der Waals surface area (Å²) in [7, 11) is 0. The van der Waals surface area contributed by atoms with Crippen LogP contribution in [0.4, 0.5) is 5.69 Å². The topological polar surface area (TPSA) is 126 Å². The van der Waals surface area contributed by atoms with Crippen molar-refractivity contribution in [2.24, 2.45) is 0 Å². The number of benzene rings is 2. The van der Waals surface area contributed by atoms with Gasteiger partial charge in [-0.15, -0.1) is 10.2 Å².